The highest BCUT2D eigenvalue weighted by molar-refractivity contribution is 8.00. The number of nitrogen functional groups attached to an aromatic ring is 1. The summed E-state index contributed by atoms with van der Waals surface area (Å²) in [5, 5.41) is 23.6. The SMILES string of the molecule is CO/N=C(\C(=O)N[C@@H]1C(=O)N2C(C(=O)[O-])=C(C[n+]3ccc(-c4noc(C(C)C)n4)cc3)CS[C@@H]12)c1csc(N)n1. The lowest BCUT2D eigenvalue weighted by Gasteiger charge is -2.50. The van der Waals surface area contributed by atoms with Gasteiger partial charge in [-0.15, -0.1) is 23.1 Å². The number of hydrogen-bond donors (Lipinski definition) is 2. The third-order valence-corrected chi connectivity index (χ3v) is 8.16. The normalized spacial score (nSPS) is 18.9. The van der Waals surface area contributed by atoms with Crippen molar-refractivity contribution in [3.8, 4) is 11.4 Å². The largest absolute Gasteiger partial charge is 0.543 e. The number of nitrogens with zero attached hydrogens (tertiary/aromatic N) is 6. The molecule has 0 bridgehead atoms. The number of rotatable bonds is 9. The first kappa shape index (κ1) is 27.3. The number of thiazole rings is 1. The van der Waals surface area contributed by atoms with Crippen molar-refractivity contribution >= 4 is 51.7 Å². The van der Waals surface area contributed by atoms with E-state index in [2.05, 4.69) is 25.6 Å². The molecule has 3 N–H and O–H groups in total. The number of aliphatic carboxylic acids is 1. The number of nitrogens with one attached hydrogen (secondary N) is 1. The van der Waals surface area contributed by atoms with E-state index in [-0.39, 0.29) is 34.7 Å². The summed E-state index contributed by atoms with van der Waals surface area (Å²) in [6, 6.07) is 2.62. The molecule has 0 spiro atoms. The molecule has 0 unspecified atom stereocenters. The van der Waals surface area contributed by atoms with Gasteiger partial charge in [0, 0.05) is 40.3 Å². The third-order valence-electron chi connectivity index (χ3n) is 6.15. The lowest BCUT2D eigenvalue weighted by molar-refractivity contribution is -0.689. The maximum Gasteiger partial charge on any atom is 0.276 e. The van der Waals surface area contributed by atoms with Crippen LogP contribution in [0, 0.1) is 0 Å². The number of carboxylic acids is 1. The van der Waals surface area contributed by atoms with E-state index in [1.165, 1.54) is 24.3 Å². The van der Waals surface area contributed by atoms with Crippen LogP contribution in [0.4, 0.5) is 5.13 Å². The van der Waals surface area contributed by atoms with Crippen LogP contribution in [0.1, 0.15) is 31.4 Å². The first-order valence-corrected chi connectivity index (χ1v) is 13.9. The number of aromatic nitrogens is 4. The van der Waals surface area contributed by atoms with Crippen LogP contribution >= 0.6 is 23.1 Å². The number of fused-ring (bicyclic) bond motifs is 1. The molecule has 208 valence electrons. The molecule has 3 aromatic rings. The van der Waals surface area contributed by atoms with Crippen molar-refractivity contribution in [1.82, 2.24) is 25.3 Å². The van der Waals surface area contributed by atoms with E-state index in [4.69, 9.17) is 15.1 Å². The van der Waals surface area contributed by atoms with Crippen LogP contribution in [0.15, 0.2) is 50.9 Å². The number of pyridine rings is 1. The van der Waals surface area contributed by atoms with Crippen LogP contribution in [-0.4, -0.2) is 67.8 Å². The van der Waals surface area contributed by atoms with Crippen LogP contribution in [0.3, 0.4) is 0 Å². The quantitative estimate of drug-likeness (QED) is 0.144. The summed E-state index contributed by atoms with van der Waals surface area (Å²) in [7, 11) is 1.27. The lowest BCUT2D eigenvalue weighted by Crippen LogP contribution is -2.71. The van der Waals surface area contributed by atoms with Gasteiger partial charge in [-0.2, -0.15) is 4.98 Å². The average Bonchev–Trinajstić information content (AvgIpc) is 3.60. The number of carboxylic acid groups (broad SMARTS) is 1. The number of carbonyl (C=O) groups excluding carboxylic acids is 3. The molecule has 0 saturated carbocycles. The van der Waals surface area contributed by atoms with E-state index in [1.807, 2.05) is 13.8 Å². The van der Waals surface area contributed by atoms with E-state index in [0.29, 0.717) is 23.0 Å². The smallest absolute Gasteiger partial charge is 0.276 e. The van der Waals surface area contributed by atoms with Crippen molar-refractivity contribution < 1.29 is 33.4 Å². The molecule has 2 atom stereocenters. The molecule has 2 aliphatic heterocycles. The number of oxime groups is 1. The van der Waals surface area contributed by atoms with Gasteiger partial charge in [-0.3, -0.25) is 14.5 Å². The molecule has 0 aliphatic carbocycles. The molecule has 5 heterocycles. The fourth-order valence-electron chi connectivity index (χ4n) is 4.21. The highest BCUT2D eigenvalue weighted by Gasteiger charge is 2.53. The standard InChI is InChI=1S/C24H24N8O6S2/c1-11(2)20-28-18(30-38-20)12-4-6-31(7-5-12)8-13-9-39-22-16(21(34)32(22)17(13)23(35)36)27-19(33)15(29-37-3)14-10-40-24(25)26-14/h4-7,10-11,16,22H,8-9H2,1-3H3,(H3-,25,26,27,33,35,36)/b29-15-/t16-,22+/m1/s1. The Morgan fingerprint density at radius 3 is 2.70 bits per heavy atom. The van der Waals surface area contributed by atoms with Gasteiger partial charge in [-0.1, -0.05) is 24.2 Å². The zero-order valence-electron chi connectivity index (χ0n) is 21.6. The van der Waals surface area contributed by atoms with Gasteiger partial charge in [0.15, 0.2) is 29.8 Å². The minimum Gasteiger partial charge on any atom is -0.543 e. The van der Waals surface area contributed by atoms with Gasteiger partial charge in [0.2, 0.25) is 11.7 Å². The Kier molecular flexibility index (Phi) is 7.53. The second-order valence-corrected chi connectivity index (χ2v) is 11.2. The van der Waals surface area contributed by atoms with Gasteiger partial charge >= 0.3 is 0 Å². The first-order chi connectivity index (χ1) is 19.2. The van der Waals surface area contributed by atoms with Crippen LogP contribution < -0.4 is 20.7 Å². The second-order valence-electron chi connectivity index (χ2n) is 9.16. The summed E-state index contributed by atoms with van der Waals surface area (Å²) in [5.74, 6) is -1.34. The first-order valence-electron chi connectivity index (χ1n) is 12.0. The fourth-order valence-corrected chi connectivity index (χ4v) is 6.10. The second kappa shape index (κ2) is 11.1. The van der Waals surface area contributed by atoms with E-state index in [1.54, 1.807) is 29.1 Å². The van der Waals surface area contributed by atoms with E-state index < -0.39 is 29.2 Å². The van der Waals surface area contributed by atoms with Crippen molar-refractivity contribution in [2.45, 2.75) is 37.7 Å². The molecule has 40 heavy (non-hydrogen) atoms. The molecule has 1 saturated heterocycles. The number of β-lactam (4-membered cyclic amide) rings is 1. The van der Waals surface area contributed by atoms with E-state index >= 15 is 0 Å². The number of anilines is 1. The van der Waals surface area contributed by atoms with Gasteiger partial charge in [0.05, 0.1) is 11.7 Å². The van der Waals surface area contributed by atoms with Gasteiger partial charge in [0.1, 0.15) is 24.2 Å². The Morgan fingerprint density at radius 1 is 1.35 bits per heavy atom. The molecule has 14 nitrogen and oxygen atoms in total. The Balaban J connectivity index is 1.31. The Bertz CT molecular complexity index is 1530. The Hall–Kier alpha value is -4.31. The summed E-state index contributed by atoms with van der Waals surface area (Å²) in [5.41, 5.74) is 6.74. The Morgan fingerprint density at radius 2 is 2.10 bits per heavy atom. The van der Waals surface area contributed by atoms with Crippen LogP contribution in [-0.2, 0) is 25.8 Å². The summed E-state index contributed by atoms with van der Waals surface area (Å²) < 4.78 is 7.04. The number of amides is 2. The molecule has 3 aromatic heterocycles. The van der Waals surface area contributed by atoms with Crippen molar-refractivity contribution in [3.63, 3.8) is 0 Å². The van der Waals surface area contributed by atoms with Gasteiger partial charge in [0.25, 0.3) is 11.8 Å². The highest BCUT2D eigenvalue weighted by atomic mass is 32.2. The molecular weight excluding hydrogens is 560 g/mol. The van der Waals surface area contributed by atoms with Crippen LogP contribution in [0.5, 0.6) is 0 Å². The number of hydrogen-bond acceptors (Lipinski definition) is 13. The minimum absolute atomic E-state index is 0.104. The minimum atomic E-state index is -1.47. The summed E-state index contributed by atoms with van der Waals surface area (Å²) in [4.78, 5) is 52.4. The number of carbonyl (C=O) groups is 3. The molecule has 16 heteroatoms. The number of nitrogens with two attached hydrogens (primary N) is 1. The molecule has 2 aliphatic rings. The van der Waals surface area contributed by atoms with Crippen molar-refractivity contribution in [1.29, 1.82) is 0 Å². The lowest BCUT2D eigenvalue weighted by atomic mass is 10.0. The topological polar surface area (TPSA) is 193 Å². The zero-order chi connectivity index (χ0) is 28.6. The molecule has 1 fully saturated rings. The van der Waals surface area contributed by atoms with E-state index in [0.717, 1.165) is 21.8 Å². The van der Waals surface area contributed by atoms with E-state index in [9.17, 15) is 19.5 Å². The zero-order valence-corrected chi connectivity index (χ0v) is 23.2. The van der Waals surface area contributed by atoms with Crippen molar-refractivity contribution in [2.75, 3.05) is 18.6 Å². The van der Waals surface area contributed by atoms with Crippen molar-refractivity contribution in [2.24, 2.45) is 5.16 Å². The van der Waals surface area contributed by atoms with Gasteiger partial charge in [-0.25, -0.2) is 9.55 Å². The molecule has 2 amide bonds. The molecule has 5 rings (SSSR count). The van der Waals surface area contributed by atoms with Gasteiger partial charge < -0.3 is 30.3 Å². The fraction of sp³-hybridized carbons (Fsp3) is 0.333. The predicted octanol–water partition coefficient (Wildman–Crippen LogP) is -0.359. The molecule has 0 aromatic carbocycles. The van der Waals surface area contributed by atoms with Crippen LogP contribution in [0.2, 0.25) is 0 Å². The van der Waals surface area contributed by atoms with Crippen molar-refractivity contribution in [3.05, 3.63) is 52.8 Å². The Labute approximate surface area is 235 Å². The van der Waals surface area contributed by atoms with Gasteiger partial charge in [-0.05, 0) is 0 Å². The molecule has 0 radical (unpaired) electrons. The number of thioether (sulfide) groups is 1. The summed E-state index contributed by atoms with van der Waals surface area (Å²) in [6.07, 6.45) is 3.53. The molecular formula is C24H24N8O6S2. The highest BCUT2D eigenvalue weighted by Crippen LogP contribution is 2.40. The monoisotopic (exact) mass is 584 g/mol. The maximum absolute atomic E-state index is 13.1. The maximum atomic E-state index is 13.1. The third kappa shape index (κ3) is 5.14. The average molecular weight is 585 g/mol. The van der Waals surface area contributed by atoms with Crippen LogP contribution in [0.25, 0.3) is 11.4 Å². The summed E-state index contributed by atoms with van der Waals surface area (Å²) >= 11 is 2.46. The summed E-state index contributed by atoms with van der Waals surface area (Å²) in [6.45, 7) is 4.12. The predicted molar refractivity (Wildman–Crippen MR) is 141 cm³/mol.